The van der Waals surface area contributed by atoms with Crippen LogP contribution in [0.1, 0.15) is 12.5 Å². The van der Waals surface area contributed by atoms with E-state index in [2.05, 4.69) is 20.8 Å². The number of urea groups is 1. The number of thiazole rings is 1. The molecule has 0 atom stereocenters. The van der Waals surface area contributed by atoms with Gasteiger partial charge in [-0.2, -0.15) is 5.10 Å². The van der Waals surface area contributed by atoms with Gasteiger partial charge in [0, 0.05) is 5.02 Å². The quantitative estimate of drug-likeness (QED) is 0.521. The fourth-order valence-corrected chi connectivity index (χ4v) is 3.25. The van der Waals surface area contributed by atoms with Gasteiger partial charge in [-0.1, -0.05) is 22.9 Å². The van der Waals surface area contributed by atoms with Crippen LogP contribution in [0.2, 0.25) is 5.02 Å². The Kier molecular flexibility index (Phi) is 5.16. The summed E-state index contributed by atoms with van der Waals surface area (Å²) in [6.45, 7) is 1.81. The molecule has 0 aliphatic carbocycles. The summed E-state index contributed by atoms with van der Waals surface area (Å²) in [6, 6.07) is 12.3. The molecule has 1 aromatic heterocycles. The largest absolute Gasteiger partial charge is 0.497 e. The monoisotopic (exact) mass is 374 g/mol. The Morgan fingerprint density at radius 1 is 1.24 bits per heavy atom. The number of halogens is 1. The van der Waals surface area contributed by atoms with Crippen LogP contribution < -0.4 is 15.5 Å². The molecule has 128 valence electrons. The first kappa shape index (κ1) is 17.2. The van der Waals surface area contributed by atoms with Crippen molar-refractivity contribution in [2.45, 2.75) is 6.92 Å². The minimum absolute atomic E-state index is 0.460. The van der Waals surface area contributed by atoms with Crippen molar-refractivity contribution < 1.29 is 9.53 Å². The lowest BCUT2D eigenvalue weighted by atomic mass is 10.1. The van der Waals surface area contributed by atoms with E-state index in [4.69, 9.17) is 16.3 Å². The molecule has 6 nitrogen and oxygen atoms in total. The number of nitrogens with zero attached hydrogens (tertiary/aromatic N) is 2. The molecule has 0 fully saturated rings. The molecule has 0 saturated heterocycles. The molecular formula is C17H15ClN4O2S. The normalized spacial score (nSPS) is 11.4. The summed E-state index contributed by atoms with van der Waals surface area (Å²) in [5.41, 5.74) is 4.80. The average Bonchev–Trinajstić information content (AvgIpc) is 3.01. The highest BCUT2D eigenvalue weighted by atomic mass is 35.5. The number of carbonyl (C=O) groups excluding carboxylic acids is 1. The Morgan fingerprint density at radius 3 is 2.72 bits per heavy atom. The van der Waals surface area contributed by atoms with Crippen molar-refractivity contribution in [3.8, 4) is 5.75 Å². The standard InChI is InChI=1S/C17H15ClN4O2S/c1-10(11-3-6-13(24-2)7-4-11)21-22-16(23)20-17-19-14-8-5-12(18)9-15(14)25-17/h3-9H,1-2H3,(H2,19,20,22,23)/b21-10+. The van der Waals surface area contributed by atoms with E-state index in [-0.39, 0.29) is 0 Å². The maximum Gasteiger partial charge on any atom is 0.341 e. The van der Waals surface area contributed by atoms with Crippen LogP contribution in [-0.4, -0.2) is 23.8 Å². The molecule has 0 aliphatic heterocycles. The fraction of sp³-hybridized carbons (Fsp3) is 0.118. The van der Waals surface area contributed by atoms with Crippen LogP contribution in [0.25, 0.3) is 10.2 Å². The number of nitrogens with one attached hydrogen (secondary N) is 2. The highest BCUT2D eigenvalue weighted by molar-refractivity contribution is 7.22. The fourth-order valence-electron chi connectivity index (χ4n) is 2.11. The predicted octanol–water partition coefficient (Wildman–Crippen LogP) is 4.50. The number of carbonyl (C=O) groups is 1. The molecule has 0 spiro atoms. The number of rotatable bonds is 4. The molecular weight excluding hydrogens is 360 g/mol. The van der Waals surface area contributed by atoms with E-state index < -0.39 is 6.03 Å². The molecule has 3 aromatic rings. The number of anilines is 1. The van der Waals surface area contributed by atoms with Crippen LogP contribution in [0.15, 0.2) is 47.6 Å². The zero-order chi connectivity index (χ0) is 17.8. The molecule has 0 aliphatic rings. The molecule has 8 heteroatoms. The number of hydrogen-bond acceptors (Lipinski definition) is 5. The number of methoxy groups -OCH3 is 1. The van der Waals surface area contributed by atoms with Crippen molar-refractivity contribution in [1.82, 2.24) is 10.4 Å². The Hall–Kier alpha value is -2.64. The first-order chi connectivity index (χ1) is 12.0. The van der Waals surface area contributed by atoms with Crippen LogP contribution in [-0.2, 0) is 0 Å². The van der Waals surface area contributed by atoms with Gasteiger partial charge in [-0.3, -0.25) is 5.32 Å². The van der Waals surface area contributed by atoms with E-state index in [9.17, 15) is 4.79 Å². The van der Waals surface area contributed by atoms with Crippen molar-refractivity contribution >= 4 is 50.0 Å². The summed E-state index contributed by atoms with van der Waals surface area (Å²) in [6.07, 6.45) is 0. The van der Waals surface area contributed by atoms with Gasteiger partial charge in [-0.15, -0.1) is 0 Å². The topological polar surface area (TPSA) is 75.6 Å². The van der Waals surface area contributed by atoms with E-state index in [1.165, 1.54) is 11.3 Å². The summed E-state index contributed by atoms with van der Waals surface area (Å²) in [5.74, 6) is 0.762. The number of aromatic nitrogens is 1. The van der Waals surface area contributed by atoms with Gasteiger partial charge in [0.25, 0.3) is 0 Å². The Balaban J connectivity index is 1.64. The lowest BCUT2D eigenvalue weighted by molar-refractivity contribution is 0.252. The molecule has 0 unspecified atom stereocenters. The molecule has 0 radical (unpaired) electrons. The summed E-state index contributed by atoms with van der Waals surface area (Å²) in [5, 5.41) is 7.86. The van der Waals surface area contributed by atoms with Crippen molar-refractivity contribution in [2.24, 2.45) is 5.10 Å². The first-order valence-corrected chi connectivity index (χ1v) is 8.56. The maximum absolute atomic E-state index is 12.0. The highest BCUT2D eigenvalue weighted by Gasteiger charge is 2.08. The number of amides is 2. The van der Waals surface area contributed by atoms with Crippen molar-refractivity contribution in [3.05, 3.63) is 53.1 Å². The minimum atomic E-state index is -0.460. The average molecular weight is 375 g/mol. The van der Waals surface area contributed by atoms with E-state index in [1.54, 1.807) is 13.2 Å². The third kappa shape index (κ3) is 4.26. The minimum Gasteiger partial charge on any atom is -0.497 e. The Morgan fingerprint density at radius 2 is 2.00 bits per heavy atom. The molecule has 3 rings (SSSR count). The molecule has 25 heavy (non-hydrogen) atoms. The van der Waals surface area contributed by atoms with Crippen LogP contribution >= 0.6 is 22.9 Å². The number of hydrazone groups is 1. The molecule has 1 heterocycles. The Bertz CT molecular complexity index is 937. The van der Waals surface area contributed by atoms with E-state index in [0.717, 1.165) is 21.5 Å². The second-order valence-corrected chi connectivity index (χ2v) is 6.59. The second-order valence-electron chi connectivity index (χ2n) is 5.12. The third-order valence-corrected chi connectivity index (χ3v) is 4.57. The predicted molar refractivity (Wildman–Crippen MR) is 102 cm³/mol. The lowest BCUT2D eigenvalue weighted by Gasteiger charge is -2.04. The first-order valence-electron chi connectivity index (χ1n) is 7.37. The van der Waals surface area contributed by atoms with Crippen LogP contribution in [0.5, 0.6) is 5.75 Å². The molecule has 2 aromatic carbocycles. The molecule has 2 amide bonds. The maximum atomic E-state index is 12.0. The van der Waals surface area contributed by atoms with E-state index in [1.807, 2.05) is 43.3 Å². The van der Waals surface area contributed by atoms with E-state index in [0.29, 0.717) is 15.9 Å². The van der Waals surface area contributed by atoms with Gasteiger partial charge >= 0.3 is 6.03 Å². The van der Waals surface area contributed by atoms with Crippen molar-refractivity contribution in [3.63, 3.8) is 0 Å². The molecule has 2 N–H and O–H groups in total. The van der Waals surface area contributed by atoms with Crippen LogP contribution in [0.4, 0.5) is 9.93 Å². The number of ether oxygens (including phenoxy) is 1. The SMILES string of the molecule is COc1ccc(/C(C)=N/NC(=O)Nc2nc3ccc(Cl)cc3s2)cc1. The van der Waals surface area contributed by atoms with Gasteiger partial charge in [0.15, 0.2) is 5.13 Å². The van der Waals surface area contributed by atoms with Gasteiger partial charge in [0.2, 0.25) is 0 Å². The van der Waals surface area contributed by atoms with Crippen molar-refractivity contribution in [2.75, 3.05) is 12.4 Å². The summed E-state index contributed by atoms with van der Waals surface area (Å²) < 4.78 is 6.02. The zero-order valence-corrected chi connectivity index (χ0v) is 15.1. The van der Waals surface area contributed by atoms with Gasteiger partial charge in [-0.05, 0) is 55.0 Å². The van der Waals surface area contributed by atoms with Gasteiger partial charge < -0.3 is 4.74 Å². The Labute approximate surface area is 153 Å². The van der Waals surface area contributed by atoms with Gasteiger partial charge in [-0.25, -0.2) is 15.2 Å². The summed E-state index contributed by atoms with van der Waals surface area (Å²) in [7, 11) is 1.61. The summed E-state index contributed by atoms with van der Waals surface area (Å²) >= 11 is 7.29. The van der Waals surface area contributed by atoms with Crippen LogP contribution in [0, 0.1) is 0 Å². The zero-order valence-electron chi connectivity index (χ0n) is 13.5. The van der Waals surface area contributed by atoms with Crippen LogP contribution in [0.3, 0.4) is 0 Å². The molecule has 0 bridgehead atoms. The lowest BCUT2D eigenvalue weighted by Crippen LogP contribution is -2.25. The van der Waals surface area contributed by atoms with Gasteiger partial charge in [0.1, 0.15) is 5.75 Å². The van der Waals surface area contributed by atoms with Crippen molar-refractivity contribution in [1.29, 1.82) is 0 Å². The van der Waals surface area contributed by atoms with Gasteiger partial charge in [0.05, 0.1) is 23.0 Å². The second kappa shape index (κ2) is 7.50. The number of fused-ring (bicyclic) bond motifs is 1. The van der Waals surface area contributed by atoms with E-state index >= 15 is 0 Å². The molecule has 0 saturated carbocycles. The number of hydrogen-bond donors (Lipinski definition) is 2. The summed E-state index contributed by atoms with van der Waals surface area (Å²) in [4.78, 5) is 16.3. The smallest absolute Gasteiger partial charge is 0.341 e. The highest BCUT2D eigenvalue weighted by Crippen LogP contribution is 2.28. The number of benzene rings is 2. The third-order valence-electron chi connectivity index (χ3n) is 3.40.